The van der Waals surface area contributed by atoms with Gasteiger partial charge in [0, 0.05) is 43.7 Å². The first-order chi connectivity index (χ1) is 17.2. The number of hydrogen-bond acceptors (Lipinski definition) is 3. The Morgan fingerprint density at radius 2 is 1.41 bits per heavy atom. The molecule has 2 saturated heterocycles. The van der Waals surface area contributed by atoms with Gasteiger partial charge in [0.2, 0.25) is 0 Å². The molecule has 0 aromatic heterocycles. The monoisotopic (exact) mass is 528 g/mol. The molecule has 2 aromatic rings. The Morgan fingerprint density at radius 1 is 0.865 bits per heavy atom. The van der Waals surface area contributed by atoms with Crippen molar-refractivity contribution in [3.05, 3.63) is 70.3 Å². The number of hydrogen-bond donors (Lipinski definition) is 0. The number of alkyl halides is 6. The highest BCUT2D eigenvalue weighted by Gasteiger charge is 2.41. The van der Waals surface area contributed by atoms with Gasteiger partial charge in [0.1, 0.15) is 0 Å². The molecule has 202 valence electrons. The minimum Gasteiger partial charge on any atom is -0.373 e. The van der Waals surface area contributed by atoms with Crippen LogP contribution in [-0.4, -0.2) is 60.1 Å². The number of amides is 1. The third kappa shape index (κ3) is 6.29. The zero-order chi connectivity index (χ0) is 27.1. The predicted octanol–water partition coefficient (Wildman–Crippen LogP) is 6.14. The van der Waals surface area contributed by atoms with Crippen molar-refractivity contribution < 1.29 is 35.9 Å². The third-order valence-electron chi connectivity index (χ3n) is 7.12. The molecule has 1 amide bonds. The third-order valence-corrected chi connectivity index (χ3v) is 7.12. The summed E-state index contributed by atoms with van der Waals surface area (Å²) in [7, 11) is 0. The lowest BCUT2D eigenvalue weighted by Gasteiger charge is -2.47. The zero-order valence-electron chi connectivity index (χ0n) is 20.9. The maximum atomic E-state index is 13.4. The van der Waals surface area contributed by atoms with Crippen molar-refractivity contribution in [1.82, 2.24) is 9.80 Å². The van der Waals surface area contributed by atoms with Crippen molar-refractivity contribution in [1.29, 1.82) is 0 Å². The summed E-state index contributed by atoms with van der Waals surface area (Å²) in [6, 6.07) is 8.97. The van der Waals surface area contributed by atoms with Crippen LogP contribution in [0.2, 0.25) is 0 Å². The first-order valence-corrected chi connectivity index (χ1v) is 12.3. The number of morpholine rings is 1. The van der Waals surface area contributed by atoms with E-state index in [-0.39, 0.29) is 43.3 Å². The van der Waals surface area contributed by atoms with Crippen LogP contribution in [0, 0.1) is 6.92 Å². The summed E-state index contributed by atoms with van der Waals surface area (Å²) >= 11 is 0. The second-order valence-corrected chi connectivity index (χ2v) is 10.1. The Kier molecular flexibility index (Phi) is 7.63. The molecule has 2 unspecified atom stereocenters. The maximum absolute atomic E-state index is 13.4. The Morgan fingerprint density at radius 3 is 1.92 bits per heavy atom. The normalized spacial score (nSPS) is 25.8. The molecule has 0 bridgehead atoms. The van der Waals surface area contributed by atoms with E-state index in [9.17, 15) is 31.1 Å². The molecule has 2 aliphatic rings. The summed E-state index contributed by atoms with van der Waals surface area (Å²) in [6.45, 7) is 7.76. The van der Waals surface area contributed by atoms with Crippen molar-refractivity contribution >= 4 is 5.91 Å². The fourth-order valence-corrected chi connectivity index (χ4v) is 5.45. The molecule has 0 spiro atoms. The van der Waals surface area contributed by atoms with Crippen LogP contribution in [0.15, 0.2) is 42.5 Å². The van der Waals surface area contributed by atoms with E-state index in [0.29, 0.717) is 31.6 Å². The number of halogens is 6. The number of aryl methyl sites for hydroxylation is 1. The van der Waals surface area contributed by atoms with Crippen LogP contribution in [0.5, 0.6) is 0 Å². The molecule has 37 heavy (non-hydrogen) atoms. The molecule has 4 nitrogen and oxygen atoms in total. The molecule has 0 aliphatic carbocycles. The summed E-state index contributed by atoms with van der Waals surface area (Å²) in [4.78, 5) is 17.0. The fourth-order valence-electron chi connectivity index (χ4n) is 5.45. The molecule has 2 heterocycles. The van der Waals surface area contributed by atoms with Crippen LogP contribution in [-0.2, 0) is 17.1 Å². The average Bonchev–Trinajstić information content (AvgIpc) is 2.81. The number of likely N-dealkylation sites (tertiary alicyclic amines) is 1. The van der Waals surface area contributed by atoms with Crippen LogP contribution in [0.3, 0.4) is 0 Å². The number of nitrogens with zero attached hydrogens (tertiary/aromatic N) is 2. The number of rotatable bonds is 3. The summed E-state index contributed by atoms with van der Waals surface area (Å²) < 4.78 is 86.1. The first kappa shape index (κ1) is 27.4. The van der Waals surface area contributed by atoms with E-state index in [4.69, 9.17) is 4.74 Å². The molecule has 2 aromatic carbocycles. The lowest BCUT2D eigenvalue weighted by molar-refractivity contribution is -0.143. The van der Waals surface area contributed by atoms with Gasteiger partial charge in [-0.05, 0) is 51.0 Å². The summed E-state index contributed by atoms with van der Waals surface area (Å²) in [6.07, 6.45) is -9.45. The number of benzene rings is 2. The van der Waals surface area contributed by atoms with E-state index < -0.39 is 35.0 Å². The molecular formula is C27H30F6N2O2. The molecular weight excluding hydrogens is 498 g/mol. The highest BCUT2D eigenvalue weighted by atomic mass is 19.4. The molecule has 4 rings (SSSR count). The van der Waals surface area contributed by atoms with E-state index in [2.05, 4.69) is 4.90 Å². The molecule has 2 aliphatic heterocycles. The highest BCUT2D eigenvalue weighted by Crippen LogP contribution is 2.38. The summed E-state index contributed by atoms with van der Waals surface area (Å²) in [5.74, 6) is -1.00. The lowest BCUT2D eigenvalue weighted by Crippen LogP contribution is -2.56. The second kappa shape index (κ2) is 10.3. The van der Waals surface area contributed by atoms with Crippen LogP contribution < -0.4 is 0 Å². The van der Waals surface area contributed by atoms with Crippen molar-refractivity contribution in [2.45, 2.75) is 63.7 Å². The first-order valence-electron chi connectivity index (χ1n) is 12.3. The van der Waals surface area contributed by atoms with Crippen molar-refractivity contribution in [2.24, 2.45) is 0 Å². The van der Waals surface area contributed by atoms with Gasteiger partial charge in [0.25, 0.3) is 5.91 Å². The van der Waals surface area contributed by atoms with E-state index in [1.165, 1.54) is 4.90 Å². The van der Waals surface area contributed by atoms with Gasteiger partial charge < -0.3 is 9.64 Å². The fraction of sp³-hybridized carbons (Fsp3) is 0.519. The van der Waals surface area contributed by atoms with E-state index >= 15 is 0 Å². The second-order valence-electron chi connectivity index (χ2n) is 10.1. The van der Waals surface area contributed by atoms with E-state index in [1.54, 1.807) is 0 Å². The van der Waals surface area contributed by atoms with Crippen molar-refractivity contribution in [3.63, 3.8) is 0 Å². The molecule has 0 radical (unpaired) electrons. The molecule has 2 fully saturated rings. The molecule has 0 saturated carbocycles. The minimum absolute atomic E-state index is 0.0213. The largest absolute Gasteiger partial charge is 0.416 e. The number of carbonyl (C=O) groups excluding carboxylic acids is 1. The van der Waals surface area contributed by atoms with Crippen molar-refractivity contribution in [3.8, 4) is 0 Å². The van der Waals surface area contributed by atoms with Gasteiger partial charge in [-0.2, -0.15) is 26.3 Å². The zero-order valence-corrected chi connectivity index (χ0v) is 20.9. The average molecular weight is 529 g/mol. The topological polar surface area (TPSA) is 32.8 Å². The summed E-state index contributed by atoms with van der Waals surface area (Å²) in [5, 5.41) is 0. The van der Waals surface area contributed by atoms with Crippen LogP contribution in [0.25, 0.3) is 0 Å². The number of carbonyl (C=O) groups is 1. The van der Waals surface area contributed by atoms with Gasteiger partial charge in [-0.15, -0.1) is 0 Å². The lowest BCUT2D eigenvalue weighted by atomic mass is 9.83. The molecule has 4 atom stereocenters. The van der Waals surface area contributed by atoms with Gasteiger partial charge in [0.15, 0.2) is 0 Å². The Bertz CT molecular complexity index is 1070. The van der Waals surface area contributed by atoms with Gasteiger partial charge in [0.05, 0.1) is 23.3 Å². The Balaban J connectivity index is 1.66. The van der Waals surface area contributed by atoms with Crippen LogP contribution in [0.1, 0.15) is 58.8 Å². The summed E-state index contributed by atoms with van der Waals surface area (Å²) in [5.41, 5.74) is -1.57. The van der Waals surface area contributed by atoms with E-state index in [0.717, 1.165) is 11.1 Å². The number of piperidine rings is 1. The Labute approximate surface area is 212 Å². The van der Waals surface area contributed by atoms with Gasteiger partial charge >= 0.3 is 12.4 Å². The predicted molar refractivity (Wildman–Crippen MR) is 126 cm³/mol. The SMILES string of the molecule is Cc1ccc([C@@H]2CN(C(=O)c3cc(C(F)(F)F)cc(C(F)(F)F)c3)CC[C@@H]2N2CC(C)OC(C)C2)cc1. The van der Waals surface area contributed by atoms with Gasteiger partial charge in [-0.25, -0.2) is 0 Å². The molecule has 0 N–H and O–H groups in total. The van der Waals surface area contributed by atoms with E-state index in [1.807, 2.05) is 45.0 Å². The van der Waals surface area contributed by atoms with Gasteiger partial charge in [-0.1, -0.05) is 29.8 Å². The van der Waals surface area contributed by atoms with Crippen molar-refractivity contribution in [2.75, 3.05) is 26.2 Å². The minimum atomic E-state index is -5.02. The smallest absolute Gasteiger partial charge is 0.373 e. The maximum Gasteiger partial charge on any atom is 0.416 e. The van der Waals surface area contributed by atoms with Crippen LogP contribution in [0.4, 0.5) is 26.3 Å². The molecule has 10 heteroatoms. The standard InChI is InChI=1S/C27H30F6N2O2/c1-16-4-6-19(7-5-16)23-15-34(9-8-24(23)35-13-17(2)37-18(3)14-35)25(36)20-10-21(26(28,29)30)12-22(11-20)27(31,32)33/h4-7,10-12,17-18,23-24H,8-9,13-15H2,1-3H3/t17?,18?,23-,24-/m0/s1. The highest BCUT2D eigenvalue weighted by molar-refractivity contribution is 5.95. The Hall–Kier alpha value is -2.59. The quantitative estimate of drug-likeness (QED) is 0.449. The van der Waals surface area contributed by atoms with Gasteiger partial charge in [-0.3, -0.25) is 9.69 Å². The number of ether oxygens (including phenoxy) is 1. The van der Waals surface area contributed by atoms with Crippen LogP contribution >= 0.6 is 0 Å².